The summed E-state index contributed by atoms with van der Waals surface area (Å²) in [7, 11) is 1.49. The molecule has 0 saturated heterocycles. The molecule has 2 aromatic rings. The quantitative estimate of drug-likeness (QED) is 0.817. The first-order valence-corrected chi connectivity index (χ1v) is 7.69. The fourth-order valence-corrected chi connectivity index (χ4v) is 3.21. The van der Waals surface area contributed by atoms with Crippen LogP contribution in [0.3, 0.4) is 0 Å². The number of ether oxygens (including phenoxy) is 1. The van der Waals surface area contributed by atoms with Gasteiger partial charge in [0.25, 0.3) is 0 Å². The second-order valence-electron chi connectivity index (χ2n) is 4.38. The van der Waals surface area contributed by atoms with Gasteiger partial charge in [-0.25, -0.2) is 4.99 Å². The number of hydrogen-bond donors (Lipinski definition) is 1. The molecule has 0 saturated carbocycles. The molecule has 0 fully saturated rings. The molecule has 1 aromatic heterocycles. The fourth-order valence-electron chi connectivity index (χ4n) is 1.81. The minimum absolute atomic E-state index is 0.0213. The second kappa shape index (κ2) is 6.29. The Hall–Kier alpha value is -1.84. The molecule has 0 aliphatic carbocycles. The molecule has 0 amide bonds. The molecule has 21 heavy (non-hydrogen) atoms. The number of aliphatic imine (C=N–C) groups is 1. The molecule has 1 N–H and O–H groups in total. The molecule has 0 radical (unpaired) electrons. The summed E-state index contributed by atoms with van der Waals surface area (Å²) < 4.78 is 5.87. The molecule has 6 heteroatoms. The number of aromatic hydroxyl groups is 1. The second-order valence-corrected chi connectivity index (χ2v) is 6.50. The van der Waals surface area contributed by atoms with Crippen LogP contribution in [-0.2, 0) is 0 Å². The van der Waals surface area contributed by atoms with Crippen LogP contribution in [0.25, 0.3) is 0 Å². The normalized spacial score (nSPS) is 10.8. The van der Waals surface area contributed by atoms with Crippen LogP contribution in [0.1, 0.15) is 21.6 Å². The topological polar surface area (TPSA) is 65.6 Å². The smallest absolute Gasteiger partial charge is 0.166 e. The highest BCUT2D eigenvalue weighted by molar-refractivity contribution is 9.10. The molecule has 0 aliphatic heterocycles. The van der Waals surface area contributed by atoms with Crippen LogP contribution >= 0.6 is 27.3 Å². The van der Waals surface area contributed by atoms with Crippen molar-refractivity contribution >= 4 is 38.5 Å². The van der Waals surface area contributed by atoms with Gasteiger partial charge in [0.1, 0.15) is 11.1 Å². The van der Waals surface area contributed by atoms with Gasteiger partial charge < -0.3 is 9.84 Å². The van der Waals surface area contributed by atoms with Gasteiger partial charge in [0, 0.05) is 21.1 Å². The average Bonchev–Trinajstić information content (AvgIpc) is 2.74. The molecule has 2 rings (SSSR count). The Labute approximate surface area is 135 Å². The van der Waals surface area contributed by atoms with E-state index in [1.165, 1.54) is 24.7 Å². The Bertz CT molecular complexity index is 760. The molecule has 0 bridgehead atoms. The van der Waals surface area contributed by atoms with Crippen LogP contribution in [0.15, 0.2) is 21.6 Å². The van der Waals surface area contributed by atoms with Crippen molar-refractivity contribution in [2.45, 2.75) is 13.8 Å². The number of hydrogen-bond acceptors (Lipinski definition) is 5. The molecule has 0 spiro atoms. The summed E-state index contributed by atoms with van der Waals surface area (Å²) in [6.07, 6.45) is 1.54. The van der Waals surface area contributed by atoms with E-state index in [0.717, 1.165) is 14.9 Å². The summed E-state index contributed by atoms with van der Waals surface area (Å²) in [5.74, 6) is 0.387. The fraction of sp³-hybridized carbons (Fsp3) is 0.200. The van der Waals surface area contributed by atoms with Crippen molar-refractivity contribution in [3.8, 4) is 17.6 Å². The van der Waals surface area contributed by atoms with Gasteiger partial charge in [0.05, 0.1) is 12.7 Å². The summed E-state index contributed by atoms with van der Waals surface area (Å²) in [6, 6.07) is 5.58. The lowest BCUT2D eigenvalue weighted by molar-refractivity contribution is 0.373. The van der Waals surface area contributed by atoms with Crippen molar-refractivity contribution < 1.29 is 9.84 Å². The highest BCUT2D eigenvalue weighted by atomic mass is 79.9. The zero-order valence-corrected chi connectivity index (χ0v) is 14.2. The van der Waals surface area contributed by atoms with Gasteiger partial charge in [-0.3, -0.25) is 0 Å². The van der Waals surface area contributed by atoms with Gasteiger partial charge in [-0.05, 0) is 31.5 Å². The third kappa shape index (κ3) is 3.09. The van der Waals surface area contributed by atoms with E-state index < -0.39 is 0 Å². The molecule has 1 heterocycles. The third-order valence-corrected chi connectivity index (χ3v) is 4.66. The first-order valence-electron chi connectivity index (χ1n) is 6.08. The number of phenolic OH excluding ortho intramolecular Hbond substituents is 1. The molecule has 0 unspecified atom stereocenters. The predicted molar refractivity (Wildman–Crippen MR) is 88.1 cm³/mol. The Balaban J connectivity index is 2.46. The van der Waals surface area contributed by atoms with E-state index in [2.05, 4.69) is 27.0 Å². The van der Waals surface area contributed by atoms with Gasteiger partial charge in [0.2, 0.25) is 0 Å². The molecule has 0 aliphatic rings. The highest BCUT2D eigenvalue weighted by Gasteiger charge is 2.12. The minimum Gasteiger partial charge on any atom is -0.504 e. The maximum absolute atomic E-state index is 10.1. The molecule has 4 nitrogen and oxygen atoms in total. The van der Waals surface area contributed by atoms with E-state index >= 15 is 0 Å². The molecule has 108 valence electrons. The van der Waals surface area contributed by atoms with E-state index in [1.54, 1.807) is 12.1 Å². The third-order valence-electron chi connectivity index (χ3n) is 3.09. The van der Waals surface area contributed by atoms with E-state index in [9.17, 15) is 10.4 Å². The van der Waals surface area contributed by atoms with Gasteiger partial charge in [-0.2, -0.15) is 5.26 Å². The molecule has 0 atom stereocenters. The lowest BCUT2D eigenvalue weighted by Gasteiger charge is -2.06. The minimum atomic E-state index is 0.0213. The van der Waals surface area contributed by atoms with Crippen LogP contribution in [0.4, 0.5) is 5.00 Å². The van der Waals surface area contributed by atoms with Crippen molar-refractivity contribution in [3.05, 3.63) is 38.2 Å². The van der Waals surface area contributed by atoms with Crippen molar-refractivity contribution in [2.24, 2.45) is 4.99 Å². The number of phenols is 1. The summed E-state index contributed by atoms with van der Waals surface area (Å²) in [4.78, 5) is 5.41. The number of aryl methyl sites for hydroxylation is 1. The van der Waals surface area contributed by atoms with Crippen LogP contribution < -0.4 is 4.74 Å². The predicted octanol–water partition coefficient (Wildman–Crippen LogP) is 4.46. The summed E-state index contributed by atoms with van der Waals surface area (Å²) in [6.45, 7) is 3.86. The van der Waals surface area contributed by atoms with Crippen molar-refractivity contribution in [3.63, 3.8) is 0 Å². The Morgan fingerprint density at radius 1 is 1.43 bits per heavy atom. The van der Waals surface area contributed by atoms with Crippen molar-refractivity contribution in [1.29, 1.82) is 5.26 Å². The molecule has 1 aromatic carbocycles. The Kier molecular flexibility index (Phi) is 4.66. The first-order chi connectivity index (χ1) is 9.97. The summed E-state index contributed by atoms with van der Waals surface area (Å²) in [5, 5.41) is 19.9. The average molecular weight is 365 g/mol. The summed E-state index contributed by atoms with van der Waals surface area (Å²) >= 11 is 4.82. The van der Waals surface area contributed by atoms with Crippen LogP contribution in [-0.4, -0.2) is 18.4 Å². The molecular formula is C15H13BrN2O2S. The maximum Gasteiger partial charge on any atom is 0.166 e. The van der Waals surface area contributed by atoms with E-state index in [1.807, 2.05) is 13.8 Å². The van der Waals surface area contributed by atoms with Crippen LogP contribution in [0, 0.1) is 25.2 Å². The van der Waals surface area contributed by atoms with Crippen molar-refractivity contribution in [2.75, 3.05) is 7.11 Å². The zero-order valence-electron chi connectivity index (χ0n) is 11.8. The number of methoxy groups -OCH3 is 1. The highest BCUT2D eigenvalue weighted by Crippen LogP contribution is 2.36. The molecular weight excluding hydrogens is 352 g/mol. The lowest BCUT2D eigenvalue weighted by atomic mass is 10.2. The number of thiophene rings is 1. The number of nitrogens with zero attached hydrogens (tertiary/aromatic N) is 2. The lowest BCUT2D eigenvalue weighted by Crippen LogP contribution is -1.89. The zero-order chi connectivity index (χ0) is 15.6. The largest absolute Gasteiger partial charge is 0.504 e. The Morgan fingerprint density at radius 3 is 2.76 bits per heavy atom. The SMILES string of the molecule is COc1cc(Br)cc(/C=N/c2sc(C)c(C)c2C#N)c1O. The Morgan fingerprint density at radius 2 is 2.14 bits per heavy atom. The number of halogens is 1. The van der Waals surface area contributed by atoms with E-state index in [-0.39, 0.29) is 5.75 Å². The van der Waals surface area contributed by atoms with Gasteiger partial charge >= 0.3 is 0 Å². The number of rotatable bonds is 3. The van der Waals surface area contributed by atoms with Gasteiger partial charge in [0.15, 0.2) is 11.5 Å². The summed E-state index contributed by atoms with van der Waals surface area (Å²) in [5.41, 5.74) is 2.05. The standard InChI is InChI=1S/C15H13BrN2O2S/c1-8-9(2)21-15(12(8)6-17)18-7-10-4-11(16)5-13(20-3)14(10)19/h4-5,7,19H,1-3H3/b18-7+. The van der Waals surface area contributed by atoms with Gasteiger partial charge in [-0.1, -0.05) is 15.9 Å². The van der Waals surface area contributed by atoms with Crippen molar-refractivity contribution in [1.82, 2.24) is 0 Å². The van der Waals surface area contributed by atoms with Gasteiger partial charge in [-0.15, -0.1) is 11.3 Å². The van der Waals surface area contributed by atoms with E-state index in [0.29, 0.717) is 21.9 Å². The van der Waals surface area contributed by atoms with Crippen LogP contribution in [0.2, 0.25) is 0 Å². The maximum atomic E-state index is 10.1. The van der Waals surface area contributed by atoms with Crippen LogP contribution in [0.5, 0.6) is 11.5 Å². The first kappa shape index (κ1) is 15.5. The van der Waals surface area contributed by atoms with E-state index in [4.69, 9.17) is 4.74 Å². The number of benzene rings is 1. The monoisotopic (exact) mass is 364 g/mol. The number of nitriles is 1.